The van der Waals surface area contributed by atoms with E-state index < -0.39 is 0 Å². The van der Waals surface area contributed by atoms with E-state index in [-0.39, 0.29) is 35.5 Å². The highest BCUT2D eigenvalue weighted by molar-refractivity contribution is 14.0. The number of carbonyl (C=O) groups is 1. The fraction of sp³-hybridized carbons (Fsp3) is 0.529. The fourth-order valence-corrected chi connectivity index (χ4v) is 2.79. The van der Waals surface area contributed by atoms with Crippen LogP contribution in [0.1, 0.15) is 30.1 Å². The Morgan fingerprint density at radius 2 is 1.92 bits per heavy atom. The van der Waals surface area contributed by atoms with Gasteiger partial charge in [-0.05, 0) is 44.0 Å². The molecule has 1 unspecified atom stereocenters. The van der Waals surface area contributed by atoms with Crippen LogP contribution >= 0.6 is 39.9 Å². The summed E-state index contributed by atoms with van der Waals surface area (Å²) in [7, 11) is 1.73. The minimum Gasteiger partial charge on any atom is -0.373 e. The van der Waals surface area contributed by atoms with Gasteiger partial charge in [0.1, 0.15) is 0 Å². The van der Waals surface area contributed by atoms with Gasteiger partial charge in [0.2, 0.25) is 0 Å². The van der Waals surface area contributed by atoms with Crippen LogP contribution in [0.4, 0.5) is 0 Å². The number of hydrogen-bond acceptors (Lipinski definition) is 3. The number of guanidine groups is 1. The van der Waals surface area contributed by atoms with Crippen LogP contribution in [0.3, 0.4) is 0 Å². The van der Waals surface area contributed by atoms with Gasteiger partial charge in [0, 0.05) is 43.3 Å². The molecule has 1 aliphatic heterocycles. The second kappa shape index (κ2) is 11.0. The largest absolute Gasteiger partial charge is 0.373 e. The Kier molecular flexibility index (Phi) is 9.73. The summed E-state index contributed by atoms with van der Waals surface area (Å²) < 4.78 is 6.70. The standard InChI is InChI=1S/C17H25BrN4O2.HI/c1-17(8-3-11-24-17)12-22-16(19-2)21-10-9-20-15(23)13-4-6-14(18)7-5-13;/h4-7H,3,8-12H2,1-2H3,(H,20,23)(H2,19,21,22);1H. The first kappa shape index (κ1) is 22.2. The number of carbonyl (C=O) groups excluding carboxylic acids is 1. The lowest BCUT2D eigenvalue weighted by Crippen LogP contribution is -2.47. The van der Waals surface area contributed by atoms with E-state index in [0.717, 1.165) is 30.5 Å². The molecule has 1 aromatic rings. The van der Waals surface area contributed by atoms with Crippen LogP contribution in [-0.2, 0) is 4.74 Å². The number of ether oxygens (including phenoxy) is 1. The average Bonchev–Trinajstić information content (AvgIpc) is 3.01. The summed E-state index contributed by atoms with van der Waals surface area (Å²) in [5.74, 6) is 0.628. The van der Waals surface area contributed by atoms with E-state index in [1.165, 1.54) is 0 Å². The smallest absolute Gasteiger partial charge is 0.251 e. The highest BCUT2D eigenvalue weighted by Crippen LogP contribution is 2.23. The molecule has 0 radical (unpaired) electrons. The molecule has 0 aliphatic carbocycles. The number of hydrogen-bond donors (Lipinski definition) is 3. The van der Waals surface area contributed by atoms with Gasteiger partial charge in [-0.2, -0.15) is 0 Å². The van der Waals surface area contributed by atoms with Gasteiger partial charge in [-0.1, -0.05) is 15.9 Å². The lowest BCUT2D eigenvalue weighted by molar-refractivity contribution is 0.0243. The molecule has 8 heteroatoms. The maximum Gasteiger partial charge on any atom is 0.251 e. The zero-order valence-electron chi connectivity index (χ0n) is 14.6. The first-order valence-electron chi connectivity index (χ1n) is 8.15. The fourth-order valence-electron chi connectivity index (χ4n) is 2.53. The molecule has 1 aliphatic rings. The minimum absolute atomic E-state index is 0. The van der Waals surface area contributed by atoms with Crippen LogP contribution in [0.2, 0.25) is 0 Å². The molecule has 1 aromatic carbocycles. The predicted octanol–water partition coefficient (Wildman–Crippen LogP) is 2.53. The zero-order chi connectivity index (χ0) is 17.4. The molecule has 0 spiro atoms. The summed E-state index contributed by atoms with van der Waals surface area (Å²) in [4.78, 5) is 16.2. The van der Waals surface area contributed by atoms with Crippen LogP contribution in [0.5, 0.6) is 0 Å². The van der Waals surface area contributed by atoms with Gasteiger partial charge in [-0.25, -0.2) is 0 Å². The van der Waals surface area contributed by atoms with E-state index in [2.05, 4.69) is 43.8 Å². The van der Waals surface area contributed by atoms with Crippen LogP contribution in [-0.4, -0.2) is 50.8 Å². The Labute approximate surface area is 174 Å². The van der Waals surface area contributed by atoms with Crippen molar-refractivity contribution in [2.24, 2.45) is 4.99 Å². The molecule has 6 nitrogen and oxygen atoms in total. The molecule has 25 heavy (non-hydrogen) atoms. The van der Waals surface area contributed by atoms with Crippen LogP contribution in [0, 0.1) is 0 Å². The summed E-state index contributed by atoms with van der Waals surface area (Å²) >= 11 is 3.35. The molecule has 0 bridgehead atoms. The number of aliphatic imine (C=N–C) groups is 1. The summed E-state index contributed by atoms with van der Waals surface area (Å²) in [5.41, 5.74) is 0.528. The van der Waals surface area contributed by atoms with E-state index in [9.17, 15) is 4.79 Å². The van der Waals surface area contributed by atoms with Gasteiger partial charge in [0.25, 0.3) is 5.91 Å². The molecule has 0 saturated carbocycles. The van der Waals surface area contributed by atoms with E-state index >= 15 is 0 Å². The SMILES string of the molecule is CN=C(NCCNC(=O)c1ccc(Br)cc1)NCC1(C)CCCO1.I. The molecule has 140 valence electrons. The van der Waals surface area contributed by atoms with Gasteiger partial charge in [-0.15, -0.1) is 24.0 Å². The van der Waals surface area contributed by atoms with Crippen molar-refractivity contribution in [3.05, 3.63) is 34.3 Å². The van der Waals surface area contributed by atoms with Crippen molar-refractivity contribution in [2.75, 3.05) is 33.3 Å². The molecule has 1 atom stereocenters. The lowest BCUT2D eigenvalue weighted by atomic mass is 10.0. The van der Waals surface area contributed by atoms with E-state index in [4.69, 9.17) is 4.74 Å². The molecule has 3 N–H and O–H groups in total. The van der Waals surface area contributed by atoms with E-state index in [1.807, 2.05) is 12.1 Å². The van der Waals surface area contributed by atoms with Crippen LogP contribution in [0.25, 0.3) is 0 Å². The molecular formula is C17H26BrIN4O2. The van der Waals surface area contributed by atoms with Crippen molar-refractivity contribution in [3.8, 4) is 0 Å². The molecule has 1 heterocycles. The normalized spacial score (nSPS) is 19.9. The third-order valence-electron chi connectivity index (χ3n) is 3.96. The molecule has 1 amide bonds. The third kappa shape index (κ3) is 7.49. The highest BCUT2D eigenvalue weighted by atomic mass is 127. The Morgan fingerprint density at radius 1 is 1.24 bits per heavy atom. The van der Waals surface area contributed by atoms with Crippen LogP contribution in [0.15, 0.2) is 33.7 Å². The van der Waals surface area contributed by atoms with Gasteiger partial charge in [-0.3, -0.25) is 9.79 Å². The quantitative estimate of drug-likeness (QED) is 0.231. The number of nitrogens with one attached hydrogen (secondary N) is 3. The first-order valence-corrected chi connectivity index (χ1v) is 8.94. The molecule has 1 saturated heterocycles. The Bertz CT molecular complexity index is 575. The monoisotopic (exact) mass is 524 g/mol. The Hall–Kier alpha value is -0.870. The van der Waals surface area contributed by atoms with Gasteiger partial charge in [0.05, 0.1) is 5.60 Å². The number of amides is 1. The second-order valence-electron chi connectivity index (χ2n) is 6.02. The molecule has 1 fully saturated rings. The van der Waals surface area contributed by atoms with Crippen LogP contribution < -0.4 is 16.0 Å². The predicted molar refractivity (Wildman–Crippen MR) is 115 cm³/mol. The zero-order valence-corrected chi connectivity index (χ0v) is 18.5. The summed E-state index contributed by atoms with van der Waals surface area (Å²) in [6.45, 7) is 4.77. The molecule has 2 rings (SSSR count). The van der Waals surface area contributed by atoms with Gasteiger partial charge < -0.3 is 20.7 Å². The van der Waals surface area contributed by atoms with Crippen molar-refractivity contribution < 1.29 is 9.53 Å². The Morgan fingerprint density at radius 3 is 2.52 bits per heavy atom. The lowest BCUT2D eigenvalue weighted by Gasteiger charge is -2.24. The first-order chi connectivity index (χ1) is 11.5. The highest BCUT2D eigenvalue weighted by Gasteiger charge is 2.29. The van der Waals surface area contributed by atoms with Gasteiger partial charge >= 0.3 is 0 Å². The number of nitrogens with zero attached hydrogens (tertiary/aromatic N) is 1. The average molecular weight is 525 g/mol. The van der Waals surface area contributed by atoms with E-state index in [0.29, 0.717) is 24.6 Å². The minimum atomic E-state index is -0.118. The maximum atomic E-state index is 12.0. The number of rotatable bonds is 6. The number of halogens is 2. The third-order valence-corrected chi connectivity index (χ3v) is 4.49. The van der Waals surface area contributed by atoms with Crippen molar-refractivity contribution in [3.63, 3.8) is 0 Å². The maximum absolute atomic E-state index is 12.0. The molecule has 0 aromatic heterocycles. The Balaban J connectivity index is 0.00000312. The molecular weight excluding hydrogens is 499 g/mol. The second-order valence-corrected chi connectivity index (χ2v) is 6.93. The van der Waals surface area contributed by atoms with Gasteiger partial charge in [0.15, 0.2) is 5.96 Å². The van der Waals surface area contributed by atoms with Crippen molar-refractivity contribution >= 4 is 51.8 Å². The van der Waals surface area contributed by atoms with Crippen molar-refractivity contribution in [1.82, 2.24) is 16.0 Å². The topological polar surface area (TPSA) is 74.8 Å². The van der Waals surface area contributed by atoms with Crippen molar-refractivity contribution in [2.45, 2.75) is 25.4 Å². The summed E-state index contributed by atoms with van der Waals surface area (Å²) in [6.07, 6.45) is 2.16. The van der Waals surface area contributed by atoms with Crippen molar-refractivity contribution in [1.29, 1.82) is 0 Å². The van der Waals surface area contributed by atoms with E-state index in [1.54, 1.807) is 19.2 Å². The summed E-state index contributed by atoms with van der Waals surface area (Å²) in [6, 6.07) is 7.28. The number of benzene rings is 1. The summed E-state index contributed by atoms with van der Waals surface area (Å²) in [5, 5.41) is 9.34.